The van der Waals surface area contributed by atoms with Gasteiger partial charge in [0.05, 0.1) is 5.92 Å². The third-order valence-electron chi connectivity index (χ3n) is 5.94. The maximum Gasteiger partial charge on any atom is 0.225 e. The Bertz CT molecular complexity index is 450. The van der Waals surface area contributed by atoms with Crippen LogP contribution >= 0.6 is 0 Å². The molecule has 3 heterocycles. The van der Waals surface area contributed by atoms with Crippen LogP contribution in [0.2, 0.25) is 0 Å². The number of amides is 2. The summed E-state index contributed by atoms with van der Waals surface area (Å²) in [6.45, 7) is 8.67. The van der Waals surface area contributed by atoms with Gasteiger partial charge in [-0.25, -0.2) is 0 Å². The third-order valence-corrected chi connectivity index (χ3v) is 5.94. The molecule has 3 unspecified atom stereocenters. The summed E-state index contributed by atoms with van der Waals surface area (Å²) in [4.78, 5) is 29.0. The Hall–Kier alpha value is -1.14. The van der Waals surface area contributed by atoms with Gasteiger partial charge < -0.3 is 15.5 Å². The van der Waals surface area contributed by atoms with Crippen LogP contribution in [0.3, 0.4) is 0 Å². The summed E-state index contributed by atoms with van der Waals surface area (Å²) in [5.74, 6) is 0.749. The lowest BCUT2D eigenvalue weighted by atomic mass is 10.0. The Balaban J connectivity index is 1.41. The molecule has 3 aliphatic rings. The Morgan fingerprint density at radius 2 is 2.25 bits per heavy atom. The molecule has 0 aromatic heterocycles. The molecule has 2 N–H and O–H groups in total. The van der Waals surface area contributed by atoms with Crippen LogP contribution in [-0.2, 0) is 9.59 Å². The largest absolute Gasteiger partial charge is 0.356 e. The van der Waals surface area contributed by atoms with E-state index < -0.39 is 0 Å². The van der Waals surface area contributed by atoms with E-state index in [1.165, 1.54) is 19.3 Å². The maximum atomic E-state index is 12.4. The number of hydrogen-bond donors (Lipinski definition) is 2. The molecule has 0 saturated carbocycles. The first kappa shape index (κ1) is 17.7. The summed E-state index contributed by atoms with van der Waals surface area (Å²) in [5, 5.41) is 6.40. The first-order chi connectivity index (χ1) is 11.7. The minimum Gasteiger partial charge on any atom is -0.356 e. The summed E-state index contributed by atoms with van der Waals surface area (Å²) in [6.07, 6.45) is 5.03. The van der Waals surface area contributed by atoms with Crippen molar-refractivity contribution in [1.29, 1.82) is 0 Å². The molecular weight excluding hydrogens is 304 g/mol. The number of nitrogens with one attached hydrogen (secondary N) is 2. The summed E-state index contributed by atoms with van der Waals surface area (Å²) >= 11 is 0. The van der Waals surface area contributed by atoms with Crippen molar-refractivity contribution in [3.8, 4) is 0 Å². The highest BCUT2D eigenvalue weighted by Crippen LogP contribution is 2.23. The lowest BCUT2D eigenvalue weighted by Gasteiger charge is -2.27. The minimum absolute atomic E-state index is 0.0653. The monoisotopic (exact) mass is 336 g/mol. The van der Waals surface area contributed by atoms with Gasteiger partial charge in [-0.05, 0) is 57.8 Å². The van der Waals surface area contributed by atoms with Gasteiger partial charge in [0, 0.05) is 32.1 Å². The molecule has 3 rings (SSSR count). The topological polar surface area (TPSA) is 64.7 Å². The fourth-order valence-corrected chi connectivity index (χ4v) is 4.40. The SMILES string of the molecule is CCN1CCCC1CN1CC(C(=O)NCCC2CCNC2)CC1=O. The van der Waals surface area contributed by atoms with Crippen molar-refractivity contribution in [2.75, 3.05) is 45.8 Å². The molecule has 0 aliphatic carbocycles. The molecule has 24 heavy (non-hydrogen) atoms. The number of likely N-dealkylation sites (tertiary alicyclic amines) is 2. The highest BCUT2D eigenvalue weighted by atomic mass is 16.2. The summed E-state index contributed by atoms with van der Waals surface area (Å²) < 4.78 is 0. The summed E-state index contributed by atoms with van der Waals surface area (Å²) in [6, 6.07) is 0.482. The maximum absolute atomic E-state index is 12.4. The van der Waals surface area contributed by atoms with Crippen molar-refractivity contribution < 1.29 is 9.59 Å². The van der Waals surface area contributed by atoms with E-state index in [1.54, 1.807) is 0 Å². The summed E-state index contributed by atoms with van der Waals surface area (Å²) in [5.41, 5.74) is 0. The molecule has 0 radical (unpaired) electrons. The average Bonchev–Trinajstić information content (AvgIpc) is 3.30. The molecular formula is C18H32N4O2. The molecule has 0 bridgehead atoms. The van der Waals surface area contributed by atoms with Crippen LogP contribution in [0.5, 0.6) is 0 Å². The second kappa shape index (κ2) is 8.30. The minimum atomic E-state index is -0.157. The predicted octanol–water partition coefficient (Wildman–Crippen LogP) is 0.435. The van der Waals surface area contributed by atoms with E-state index in [-0.39, 0.29) is 17.7 Å². The van der Waals surface area contributed by atoms with Gasteiger partial charge >= 0.3 is 0 Å². The van der Waals surface area contributed by atoms with Gasteiger partial charge in [0.2, 0.25) is 11.8 Å². The molecule has 6 nitrogen and oxygen atoms in total. The number of hydrogen-bond acceptors (Lipinski definition) is 4. The van der Waals surface area contributed by atoms with E-state index in [9.17, 15) is 9.59 Å². The van der Waals surface area contributed by atoms with E-state index in [0.717, 1.165) is 45.7 Å². The first-order valence-electron chi connectivity index (χ1n) is 9.67. The van der Waals surface area contributed by atoms with Crippen molar-refractivity contribution in [3.05, 3.63) is 0 Å². The van der Waals surface area contributed by atoms with Crippen LogP contribution in [0.25, 0.3) is 0 Å². The zero-order valence-corrected chi connectivity index (χ0v) is 14.9. The zero-order chi connectivity index (χ0) is 16.9. The predicted molar refractivity (Wildman–Crippen MR) is 93.6 cm³/mol. The zero-order valence-electron chi connectivity index (χ0n) is 14.9. The van der Waals surface area contributed by atoms with Crippen molar-refractivity contribution >= 4 is 11.8 Å². The molecule has 6 heteroatoms. The van der Waals surface area contributed by atoms with Crippen molar-refractivity contribution in [2.45, 2.75) is 45.1 Å². The highest BCUT2D eigenvalue weighted by Gasteiger charge is 2.36. The van der Waals surface area contributed by atoms with Crippen LogP contribution in [0.4, 0.5) is 0 Å². The number of nitrogens with zero attached hydrogens (tertiary/aromatic N) is 2. The van der Waals surface area contributed by atoms with Crippen molar-refractivity contribution in [1.82, 2.24) is 20.4 Å². The van der Waals surface area contributed by atoms with Gasteiger partial charge in [-0.15, -0.1) is 0 Å². The van der Waals surface area contributed by atoms with Gasteiger partial charge in [0.25, 0.3) is 0 Å². The third kappa shape index (κ3) is 4.28. The second-order valence-electron chi connectivity index (χ2n) is 7.56. The molecule has 0 spiro atoms. The van der Waals surface area contributed by atoms with E-state index in [4.69, 9.17) is 0 Å². The molecule has 3 fully saturated rings. The van der Waals surface area contributed by atoms with Crippen LogP contribution < -0.4 is 10.6 Å². The van der Waals surface area contributed by atoms with Crippen LogP contribution in [0.1, 0.15) is 39.0 Å². The molecule has 3 atom stereocenters. The van der Waals surface area contributed by atoms with Gasteiger partial charge in [-0.3, -0.25) is 14.5 Å². The van der Waals surface area contributed by atoms with Crippen LogP contribution in [0, 0.1) is 11.8 Å². The van der Waals surface area contributed by atoms with Gasteiger partial charge in [-0.2, -0.15) is 0 Å². The van der Waals surface area contributed by atoms with Crippen LogP contribution in [-0.4, -0.2) is 73.5 Å². The average molecular weight is 336 g/mol. The smallest absolute Gasteiger partial charge is 0.225 e. The van der Waals surface area contributed by atoms with Gasteiger partial charge in [-0.1, -0.05) is 6.92 Å². The quantitative estimate of drug-likeness (QED) is 0.708. The highest BCUT2D eigenvalue weighted by molar-refractivity contribution is 5.89. The van der Waals surface area contributed by atoms with E-state index >= 15 is 0 Å². The lowest BCUT2D eigenvalue weighted by molar-refractivity contribution is -0.129. The van der Waals surface area contributed by atoms with Gasteiger partial charge in [0.15, 0.2) is 0 Å². The van der Waals surface area contributed by atoms with E-state index in [0.29, 0.717) is 24.9 Å². The van der Waals surface area contributed by atoms with E-state index in [1.807, 2.05) is 4.90 Å². The normalized spacial score (nSPS) is 31.1. The molecule has 0 aromatic carbocycles. The fourth-order valence-electron chi connectivity index (χ4n) is 4.40. The Labute approximate surface area is 145 Å². The van der Waals surface area contributed by atoms with Crippen molar-refractivity contribution in [2.24, 2.45) is 11.8 Å². The van der Waals surface area contributed by atoms with Crippen molar-refractivity contribution in [3.63, 3.8) is 0 Å². The molecule has 136 valence electrons. The standard InChI is InChI=1S/C18H32N4O2/c1-2-21-9-3-4-16(21)13-22-12-15(10-17(22)23)18(24)20-8-6-14-5-7-19-11-14/h14-16,19H,2-13H2,1H3,(H,20,24). The Kier molecular flexibility index (Phi) is 6.11. The first-order valence-corrected chi connectivity index (χ1v) is 9.67. The van der Waals surface area contributed by atoms with Crippen LogP contribution in [0.15, 0.2) is 0 Å². The van der Waals surface area contributed by atoms with E-state index in [2.05, 4.69) is 22.5 Å². The molecule has 0 aromatic rings. The Morgan fingerprint density at radius 3 is 3.00 bits per heavy atom. The summed E-state index contributed by atoms with van der Waals surface area (Å²) in [7, 11) is 0. The molecule has 3 aliphatic heterocycles. The molecule has 2 amide bonds. The molecule has 3 saturated heterocycles. The fraction of sp³-hybridized carbons (Fsp3) is 0.889. The number of likely N-dealkylation sites (N-methyl/N-ethyl adjacent to an activating group) is 1. The number of carbonyl (C=O) groups excluding carboxylic acids is 2. The second-order valence-corrected chi connectivity index (χ2v) is 7.56. The Morgan fingerprint density at radius 1 is 1.38 bits per heavy atom. The number of rotatable bonds is 7. The van der Waals surface area contributed by atoms with Gasteiger partial charge in [0.1, 0.15) is 0 Å². The lowest BCUT2D eigenvalue weighted by Crippen LogP contribution is -2.41. The number of carbonyl (C=O) groups is 2.